The van der Waals surface area contributed by atoms with Gasteiger partial charge < -0.3 is 35.8 Å². The fourth-order valence-electron chi connectivity index (χ4n) is 7.70. The molecule has 0 bridgehead atoms. The summed E-state index contributed by atoms with van der Waals surface area (Å²) in [4.78, 5) is 68.7. The molecule has 2 aromatic carbocycles. The lowest BCUT2D eigenvalue weighted by Gasteiger charge is -2.40. The predicted octanol–water partition coefficient (Wildman–Crippen LogP) is 4.75. The molecule has 0 heterocycles. The summed E-state index contributed by atoms with van der Waals surface area (Å²) in [6, 6.07) is 13.2. The number of benzene rings is 2. The molecule has 292 valence electrons. The number of methoxy groups -OCH3 is 2. The third-order valence-electron chi connectivity index (χ3n) is 11.0. The quantitative estimate of drug-likeness (QED) is 0.140. The zero-order chi connectivity index (χ0) is 39.4. The van der Waals surface area contributed by atoms with Crippen LogP contribution in [0.25, 0.3) is 0 Å². The summed E-state index contributed by atoms with van der Waals surface area (Å²) < 4.78 is 11.9. The number of hydrogen-bond donors (Lipinski definition) is 4. The molecule has 0 saturated heterocycles. The largest absolute Gasteiger partial charge is 0.480 e. The molecular formula is C41H60N4O8. The number of nitrogen functional groups attached to an aromatic ring is 1. The Morgan fingerprint density at radius 2 is 1.57 bits per heavy atom. The molecule has 3 amide bonds. The first-order valence-electron chi connectivity index (χ1n) is 18.7. The molecule has 0 aromatic heterocycles. The second kappa shape index (κ2) is 20.2. The van der Waals surface area contributed by atoms with Crippen molar-refractivity contribution < 1.29 is 38.6 Å². The molecule has 0 spiro atoms. The summed E-state index contributed by atoms with van der Waals surface area (Å²) in [6.07, 6.45) is 1.71. The number of aliphatic carboxylic acids is 1. The number of hydrogen-bond acceptors (Lipinski definition) is 8. The van der Waals surface area contributed by atoms with Crippen LogP contribution in [0.5, 0.6) is 0 Å². The number of amides is 3. The number of ether oxygens (including phenoxy) is 2. The van der Waals surface area contributed by atoms with Crippen molar-refractivity contribution in [1.82, 2.24) is 15.5 Å². The Labute approximate surface area is 314 Å². The lowest BCUT2D eigenvalue weighted by molar-refractivity contribution is -0.145. The highest BCUT2D eigenvalue weighted by molar-refractivity contribution is 5.98. The number of carboxylic acid groups (broad SMARTS) is 1. The number of ketones is 1. The van der Waals surface area contributed by atoms with E-state index in [9.17, 15) is 29.1 Å². The summed E-state index contributed by atoms with van der Waals surface area (Å²) in [5.74, 6) is -3.96. The Hall–Kier alpha value is -4.29. The van der Waals surface area contributed by atoms with Gasteiger partial charge in [0.25, 0.3) is 5.91 Å². The van der Waals surface area contributed by atoms with Crippen molar-refractivity contribution in [3.8, 4) is 0 Å². The molecule has 1 unspecified atom stereocenters. The summed E-state index contributed by atoms with van der Waals surface area (Å²) in [5.41, 5.74) is 7.49. The number of nitrogens with zero attached hydrogens (tertiary/aromatic N) is 1. The van der Waals surface area contributed by atoms with Gasteiger partial charge in [-0.1, -0.05) is 77.8 Å². The lowest BCUT2D eigenvalue weighted by Crippen LogP contribution is -2.57. The molecule has 12 nitrogen and oxygen atoms in total. The van der Waals surface area contributed by atoms with Crippen LogP contribution in [0.2, 0.25) is 0 Å². The molecule has 5 N–H and O–H groups in total. The van der Waals surface area contributed by atoms with Gasteiger partial charge in [0.05, 0.1) is 24.2 Å². The lowest BCUT2D eigenvalue weighted by atomic mass is 9.79. The molecule has 1 aliphatic carbocycles. The summed E-state index contributed by atoms with van der Waals surface area (Å²) >= 11 is 0. The molecule has 12 heteroatoms. The maximum absolute atomic E-state index is 14.2. The molecule has 0 radical (unpaired) electrons. The fourth-order valence-corrected chi connectivity index (χ4v) is 7.70. The fraction of sp³-hybridized carbons (Fsp3) is 0.585. The zero-order valence-corrected chi connectivity index (χ0v) is 32.5. The molecule has 1 fully saturated rings. The molecule has 1 saturated carbocycles. The number of nitrogens with one attached hydrogen (secondary N) is 2. The second-order valence-electron chi connectivity index (χ2n) is 14.9. The highest BCUT2D eigenvalue weighted by Gasteiger charge is 2.44. The van der Waals surface area contributed by atoms with Crippen molar-refractivity contribution in [2.24, 2.45) is 29.6 Å². The first-order valence-corrected chi connectivity index (χ1v) is 18.7. The number of rotatable bonds is 20. The molecule has 1 aliphatic rings. The van der Waals surface area contributed by atoms with Crippen LogP contribution in [-0.2, 0) is 35.1 Å². The van der Waals surface area contributed by atoms with Crippen LogP contribution in [0.1, 0.15) is 82.6 Å². The van der Waals surface area contributed by atoms with E-state index in [1.165, 1.54) is 7.11 Å². The van der Waals surface area contributed by atoms with E-state index in [4.69, 9.17) is 15.2 Å². The van der Waals surface area contributed by atoms with E-state index in [-0.39, 0.29) is 48.2 Å². The molecule has 9 atom stereocenters. The zero-order valence-electron chi connectivity index (χ0n) is 32.5. The van der Waals surface area contributed by atoms with Crippen LogP contribution in [0.4, 0.5) is 5.69 Å². The Morgan fingerprint density at radius 1 is 0.925 bits per heavy atom. The van der Waals surface area contributed by atoms with E-state index < -0.39 is 54.0 Å². The predicted molar refractivity (Wildman–Crippen MR) is 204 cm³/mol. The maximum Gasteiger partial charge on any atom is 0.326 e. The number of carbonyl (C=O) groups is 5. The van der Waals surface area contributed by atoms with Crippen LogP contribution in [-0.4, -0.2) is 91.1 Å². The Balaban J connectivity index is 1.77. The van der Waals surface area contributed by atoms with Crippen molar-refractivity contribution in [3.63, 3.8) is 0 Å². The van der Waals surface area contributed by atoms with E-state index in [1.807, 2.05) is 58.0 Å². The number of likely N-dealkylation sites (N-methyl/N-ethyl adjacent to an activating group) is 1. The molecule has 2 aromatic rings. The first kappa shape index (κ1) is 43.1. The molecule has 0 aliphatic heterocycles. The number of nitrogens with two attached hydrogens (primary N) is 1. The smallest absolute Gasteiger partial charge is 0.326 e. The summed E-state index contributed by atoms with van der Waals surface area (Å²) in [7, 11) is 4.75. The van der Waals surface area contributed by atoms with Crippen LogP contribution in [0.15, 0.2) is 54.6 Å². The van der Waals surface area contributed by atoms with Gasteiger partial charge in [0.2, 0.25) is 11.8 Å². The number of carbonyl (C=O) groups excluding carboxylic acids is 4. The number of carboxylic acids is 1. The van der Waals surface area contributed by atoms with Gasteiger partial charge in [-0.25, -0.2) is 4.79 Å². The third kappa shape index (κ3) is 11.4. The van der Waals surface area contributed by atoms with Gasteiger partial charge in [0.1, 0.15) is 17.9 Å². The van der Waals surface area contributed by atoms with E-state index in [0.717, 1.165) is 12.0 Å². The Bertz CT molecular complexity index is 1520. The van der Waals surface area contributed by atoms with Gasteiger partial charge in [-0.3, -0.25) is 19.2 Å². The third-order valence-corrected chi connectivity index (χ3v) is 11.0. The van der Waals surface area contributed by atoms with Gasteiger partial charge in [0.15, 0.2) is 0 Å². The van der Waals surface area contributed by atoms with Gasteiger partial charge in [0, 0.05) is 51.3 Å². The van der Waals surface area contributed by atoms with Crippen molar-refractivity contribution >= 4 is 35.2 Å². The molecule has 53 heavy (non-hydrogen) atoms. The van der Waals surface area contributed by atoms with E-state index in [2.05, 4.69) is 10.6 Å². The van der Waals surface area contributed by atoms with Gasteiger partial charge in [-0.2, -0.15) is 0 Å². The monoisotopic (exact) mass is 736 g/mol. The van der Waals surface area contributed by atoms with Crippen molar-refractivity contribution in [3.05, 3.63) is 65.7 Å². The van der Waals surface area contributed by atoms with Crippen LogP contribution < -0.4 is 16.4 Å². The maximum atomic E-state index is 14.2. The van der Waals surface area contributed by atoms with Crippen LogP contribution >= 0.6 is 0 Å². The number of Topliss-reactive ketones (excluding diaryl/α,β-unsaturated/α-hetero) is 1. The molecule has 3 rings (SSSR count). The van der Waals surface area contributed by atoms with Crippen LogP contribution in [0, 0.1) is 29.6 Å². The SMILES string of the molecule is CC[C@H](C)[C@@H]([C@@H](CC(=O)C1CCC[C@H]1[C@H](OC)[C@@H](C)C(=O)N[C@@H](Cc1ccccc1)C(=O)O)OC)N(C)C(=O)[C@@H](NC(=O)c1ccc(N)cc1)C(C)C. The second-order valence-corrected chi connectivity index (χ2v) is 14.9. The average Bonchev–Trinajstić information content (AvgIpc) is 3.63. The average molecular weight is 737 g/mol. The van der Waals surface area contributed by atoms with Crippen LogP contribution in [0.3, 0.4) is 0 Å². The standard InChI is InChI=1S/C41H60N4O8/c1-9-25(4)36(45(6)40(49)35(24(2)3)44-39(48)28-18-20-29(42)21-19-28)34(52-7)23-33(46)30-16-13-17-31(30)37(53-8)26(5)38(47)43-32(41(50)51)22-27-14-11-10-12-15-27/h10-12,14-15,18-21,24-26,30-32,34-37H,9,13,16-17,22-23,42H2,1-8H3,(H,43,47)(H,44,48)(H,50,51)/t25-,26+,30?,31+,32-,34+,35-,36-,37+/m0/s1. The van der Waals surface area contributed by atoms with Gasteiger partial charge in [-0.15, -0.1) is 0 Å². The minimum Gasteiger partial charge on any atom is -0.480 e. The minimum absolute atomic E-state index is 0.0345. The Kier molecular flexibility index (Phi) is 16.5. The topological polar surface area (TPSA) is 177 Å². The van der Waals surface area contributed by atoms with E-state index in [0.29, 0.717) is 30.5 Å². The van der Waals surface area contributed by atoms with Gasteiger partial charge >= 0.3 is 5.97 Å². The molecular weight excluding hydrogens is 676 g/mol. The highest BCUT2D eigenvalue weighted by atomic mass is 16.5. The summed E-state index contributed by atoms with van der Waals surface area (Å²) in [6.45, 7) is 9.48. The van der Waals surface area contributed by atoms with Crippen molar-refractivity contribution in [2.75, 3.05) is 27.0 Å². The van der Waals surface area contributed by atoms with E-state index in [1.54, 1.807) is 50.2 Å². The Morgan fingerprint density at radius 3 is 2.11 bits per heavy atom. The normalized spacial score (nSPS) is 19.6. The van der Waals surface area contributed by atoms with Gasteiger partial charge in [-0.05, 0) is 60.4 Å². The van der Waals surface area contributed by atoms with E-state index >= 15 is 0 Å². The number of anilines is 1. The highest BCUT2D eigenvalue weighted by Crippen LogP contribution is 2.40. The minimum atomic E-state index is -1.13. The van der Waals surface area contributed by atoms with Crippen molar-refractivity contribution in [1.29, 1.82) is 0 Å². The first-order chi connectivity index (χ1) is 25.1. The summed E-state index contributed by atoms with van der Waals surface area (Å²) in [5, 5.41) is 15.5. The van der Waals surface area contributed by atoms with Crippen molar-refractivity contribution in [2.45, 2.75) is 103 Å².